The van der Waals surface area contributed by atoms with Gasteiger partial charge in [-0.3, -0.25) is 0 Å². The number of hydrogen-bond donors (Lipinski definition) is 0. The van der Waals surface area contributed by atoms with Crippen molar-refractivity contribution in [3.8, 4) is 11.8 Å². The molecule has 0 N–H and O–H groups in total. The fraction of sp³-hybridized carbons (Fsp3) is 0.300. The molecule has 1 aromatic rings. The fourth-order valence-electron chi connectivity index (χ4n) is 1.20. The van der Waals surface area contributed by atoms with Crippen LogP contribution in [-0.4, -0.2) is 33.9 Å². The first-order valence-corrected chi connectivity index (χ1v) is 5.88. The number of nitrogens with zero attached hydrogens (tertiary/aromatic N) is 2. The van der Waals surface area contributed by atoms with Gasteiger partial charge in [0, 0.05) is 14.1 Å². The van der Waals surface area contributed by atoms with Crippen molar-refractivity contribution in [3.63, 3.8) is 0 Å². The largest absolute Gasteiger partial charge is 0.495 e. The van der Waals surface area contributed by atoms with Crippen LogP contribution in [0.2, 0.25) is 0 Å². The van der Waals surface area contributed by atoms with E-state index in [2.05, 4.69) is 0 Å². The van der Waals surface area contributed by atoms with E-state index in [-0.39, 0.29) is 16.2 Å². The summed E-state index contributed by atoms with van der Waals surface area (Å²) >= 11 is 0. The summed E-state index contributed by atoms with van der Waals surface area (Å²) in [6, 6.07) is 6.32. The van der Waals surface area contributed by atoms with E-state index < -0.39 is 10.0 Å². The van der Waals surface area contributed by atoms with Crippen LogP contribution in [0.3, 0.4) is 0 Å². The van der Waals surface area contributed by atoms with Gasteiger partial charge in [0.2, 0.25) is 10.0 Å². The second kappa shape index (κ2) is 4.51. The number of hydrogen-bond acceptors (Lipinski definition) is 4. The molecular formula is C10H12N2O3S. The normalized spacial score (nSPS) is 11.2. The zero-order valence-corrected chi connectivity index (χ0v) is 10.1. The first-order chi connectivity index (χ1) is 7.45. The molecule has 0 spiro atoms. The van der Waals surface area contributed by atoms with Gasteiger partial charge in [-0.25, -0.2) is 12.7 Å². The minimum Gasteiger partial charge on any atom is -0.495 e. The Bertz CT molecular complexity index is 529. The van der Waals surface area contributed by atoms with Gasteiger partial charge >= 0.3 is 0 Å². The lowest BCUT2D eigenvalue weighted by molar-refractivity contribution is 0.411. The lowest BCUT2D eigenvalue weighted by Crippen LogP contribution is -2.23. The molecule has 0 aromatic heterocycles. The van der Waals surface area contributed by atoms with Gasteiger partial charge in [-0.2, -0.15) is 5.26 Å². The van der Waals surface area contributed by atoms with Crippen LogP contribution >= 0.6 is 0 Å². The predicted octanol–water partition coefficient (Wildman–Crippen LogP) is 0.817. The van der Waals surface area contributed by atoms with E-state index in [1.165, 1.54) is 33.3 Å². The average Bonchev–Trinajstić information content (AvgIpc) is 2.27. The fourth-order valence-corrected chi connectivity index (χ4v) is 2.25. The quantitative estimate of drug-likeness (QED) is 0.784. The van der Waals surface area contributed by atoms with Crippen molar-refractivity contribution in [1.82, 2.24) is 4.31 Å². The van der Waals surface area contributed by atoms with Crippen molar-refractivity contribution >= 4 is 10.0 Å². The number of benzene rings is 1. The number of ether oxygens (including phenoxy) is 1. The molecule has 1 aromatic carbocycles. The summed E-state index contributed by atoms with van der Waals surface area (Å²) < 4.78 is 29.8. The van der Waals surface area contributed by atoms with Crippen molar-refractivity contribution in [3.05, 3.63) is 23.8 Å². The molecule has 0 unspecified atom stereocenters. The second-order valence-corrected chi connectivity index (χ2v) is 5.35. The lowest BCUT2D eigenvalue weighted by atomic mass is 10.2. The SMILES string of the molecule is COc1cccc(S(=O)(=O)N(C)C)c1C#N. The van der Waals surface area contributed by atoms with Crippen LogP contribution in [0.25, 0.3) is 0 Å². The van der Waals surface area contributed by atoms with E-state index in [1.807, 2.05) is 6.07 Å². The Labute approximate surface area is 94.9 Å². The van der Waals surface area contributed by atoms with E-state index in [9.17, 15) is 8.42 Å². The van der Waals surface area contributed by atoms with Crippen molar-refractivity contribution in [1.29, 1.82) is 5.26 Å². The van der Waals surface area contributed by atoms with E-state index in [4.69, 9.17) is 10.00 Å². The van der Waals surface area contributed by atoms with Gasteiger partial charge < -0.3 is 4.74 Å². The van der Waals surface area contributed by atoms with Crippen LogP contribution < -0.4 is 4.74 Å². The maximum Gasteiger partial charge on any atom is 0.244 e. The van der Waals surface area contributed by atoms with E-state index >= 15 is 0 Å². The highest BCUT2D eigenvalue weighted by molar-refractivity contribution is 7.89. The molecule has 16 heavy (non-hydrogen) atoms. The average molecular weight is 240 g/mol. The third-order valence-corrected chi connectivity index (χ3v) is 3.94. The highest BCUT2D eigenvalue weighted by atomic mass is 32.2. The Morgan fingerprint density at radius 1 is 1.38 bits per heavy atom. The molecule has 0 atom stereocenters. The Balaban J connectivity index is 3.54. The van der Waals surface area contributed by atoms with Crippen molar-refractivity contribution in [2.45, 2.75) is 4.90 Å². The standard InChI is InChI=1S/C10H12N2O3S/c1-12(2)16(13,14)10-6-4-5-9(15-3)8(10)7-11/h4-6H,1-3H3. The van der Waals surface area contributed by atoms with Gasteiger partial charge in [-0.1, -0.05) is 6.07 Å². The van der Waals surface area contributed by atoms with Crippen LogP contribution in [-0.2, 0) is 10.0 Å². The summed E-state index contributed by atoms with van der Waals surface area (Å²) in [5.41, 5.74) is 0.0266. The van der Waals surface area contributed by atoms with Gasteiger partial charge in [0.1, 0.15) is 22.3 Å². The van der Waals surface area contributed by atoms with Crippen molar-refractivity contribution in [2.24, 2.45) is 0 Å². The Morgan fingerprint density at radius 2 is 2.00 bits per heavy atom. The summed E-state index contributed by atoms with van der Waals surface area (Å²) in [5.74, 6) is 0.255. The lowest BCUT2D eigenvalue weighted by Gasteiger charge is -2.13. The number of methoxy groups -OCH3 is 1. The highest BCUT2D eigenvalue weighted by Gasteiger charge is 2.23. The third kappa shape index (κ3) is 2.01. The molecule has 0 saturated carbocycles. The number of nitriles is 1. The summed E-state index contributed by atoms with van der Waals surface area (Å²) in [6.45, 7) is 0. The molecular weight excluding hydrogens is 228 g/mol. The monoisotopic (exact) mass is 240 g/mol. The van der Waals surface area contributed by atoms with Gasteiger partial charge in [0.05, 0.1) is 7.11 Å². The van der Waals surface area contributed by atoms with Crippen molar-refractivity contribution in [2.75, 3.05) is 21.2 Å². The molecule has 86 valence electrons. The molecule has 0 radical (unpaired) electrons. The smallest absolute Gasteiger partial charge is 0.244 e. The minimum absolute atomic E-state index is 0.0266. The van der Waals surface area contributed by atoms with Crippen LogP contribution in [0, 0.1) is 11.3 Å². The third-order valence-electron chi connectivity index (χ3n) is 2.08. The Hall–Kier alpha value is -1.58. The zero-order valence-electron chi connectivity index (χ0n) is 9.26. The first kappa shape index (κ1) is 12.5. The number of rotatable bonds is 3. The van der Waals surface area contributed by atoms with E-state index in [0.717, 1.165) is 4.31 Å². The van der Waals surface area contributed by atoms with Gasteiger partial charge in [0.25, 0.3) is 0 Å². The molecule has 0 aliphatic rings. The molecule has 0 bridgehead atoms. The minimum atomic E-state index is -3.62. The number of sulfonamides is 1. The molecule has 0 saturated heterocycles. The zero-order chi connectivity index (χ0) is 12.3. The van der Waals surface area contributed by atoms with Gasteiger partial charge in [-0.05, 0) is 12.1 Å². The molecule has 0 aliphatic carbocycles. The molecule has 0 aliphatic heterocycles. The van der Waals surface area contributed by atoms with Crippen LogP contribution in [0.5, 0.6) is 5.75 Å². The molecule has 1 rings (SSSR count). The second-order valence-electron chi connectivity index (χ2n) is 3.23. The van der Waals surface area contributed by atoms with Crippen molar-refractivity contribution < 1.29 is 13.2 Å². The summed E-state index contributed by atoms with van der Waals surface area (Å²) in [4.78, 5) is -0.0423. The maximum atomic E-state index is 11.9. The first-order valence-electron chi connectivity index (χ1n) is 4.44. The summed E-state index contributed by atoms with van der Waals surface area (Å²) in [5, 5.41) is 8.96. The molecule has 0 heterocycles. The highest BCUT2D eigenvalue weighted by Crippen LogP contribution is 2.26. The van der Waals surface area contributed by atoms with Crippen LogP contribution in [0.15, 0.2) is 23.1 Å². The molecule has 0 fully saturated rings. The van der Waals surface area contributed by atoms with E-state index in [1.54, 1.807) is 6.07 Å². The Morgan fingerprint density at radius 3 is 2.44 bits per heavy atom. The summed E-state index contributed by atoms with van der Waals surface area (Å²) in [6.07, 6.45) is 0. The van der Waals surface area contributed by atoms with Crippen LogP contribution in [0.1, 0.15) is 5.56 Å². The molecule has 0 amide bonds. The maximum absolute atomic E-state index is 11.9. The van der Waals surface area contributed by atoms with Gasteiger partial charge in [0.15, 0.2) is 0 Å². The van der Waals surface area contributed by atoms with Gasteiger partial charge in [-0.15, -0.1) is 0 Å². The topological polar surface area (TPSA) is 70.4 Å². The van der Waals surface area contributed by atoms with E-state index in [0.29, 0.717) is 0 Å². The predicted molar refractivity (Wildman–Crippen MR) is 58.6 cm³/mol. The summed E-state index contributed by atoms with van der Waals surface area (Å²) in [7, 11) is 0.595. The van der Waals surface area contributed by atoms with Crippen LogP contribution in [0.4, 0.5) is 0 Å². The molecule has 5 nitrogen and oxygen atoms in total. The molecule has 6 heteroatoms. The Kier molecular flexibility index (Phi) is 3.52.